The molecule has 0 fully saturated rings. The molecule has 1 aromatic carbocycles. The van der Waals surface area contributed by atoms with Crippen molar-refractivity contribution in [2.24, 2.45) is 0 Å². The predicted molar refractivity (Wildman–Crippen MR) is 63.4 cm³/mol. The second-order valence-electron chi connectivity index (χ2n) is 3.30. The van der Waals surface area contributed by atoms with E-state index in [0.29, 0.717) is 5.56 Å². The Hall–Kier alpha value is -2.10. The molecule has 4 heteroatoms. The largest absolute Gasteiger partial charge is 0.469 e. The molecule has 0 radical (unpaired) electrons. The fourth-order valence-corrected chi connectivity index (χ4v) is 1.26. The minimum Gasteiger partial charge on any atom is -0.469 e. The Morgan fingerprint density at radius 2 is 2.00 bits per heavy atom. The number of carbonyl (C=O) groups is 2. The van der Waals surface area contributed by atoms with Gasteiger partial charge in [0.05, 0.1) is 26.2 Å². The number of benzene rings is 1. The molecule has 0 aliphatic heterocycles. The first-order valence-corrected chi connectivity index (χ1v) is 5.09. The van der Waals surface area contributed by atoms with Crippen LogP contribution >= 0.6 is 0 Å². The van der Waals surface area contributed by atoms with Crippen LogP contribution in [0.5, 0.6) is 0 Å². The highest BCUT2D eigenvalue weighted by Gasteiger charge is 2.04. The molecule has 0 aliphatic carbocycles. The second-order valence-corrected chi connectivity index (χ2v) is 3.30. The normalized spacial score (nSPS) is 10.2. The average Bonchev–Trinajstić information content (AvgIpc) is 2.38. The van der Waals surface area contributed by atoms with Gasteiger partial charge in [0.15, 0.2) is 0 Å². The molecular weight excluding hydrogens is 220 g/mol. The van der Waals surface area contributed by atoms with E-state index in [1.807, 2.05) is 6.07 Å². The molecule has 0 aliphatic rings. The number of ether oxygens (including phenoxy) is 2. The van der Waals surface area contributed by atoms with Crippen molar-refractivity contribution < 1.29 is 19.1 Å². The maximum absolute atomic E-state index is 11.3. The van der Waals surface area contributed by atoms with Crippen molar-refractivity contribution in [3.05, 3.63) is 41.5 Å². The monoisotopic (exact) mass is 234 g/mol. The Labute approximate surface area is 99.8 Å². The summed E-state index contributed by atoms with van der Waals surface area (Å²) >= 11 is 0. The number of methoxy groups -OCH3 is 2. The molecule has 0 aromatic heterocycles. The van der Waals surface area contributed by atoms with E-state index in [4.69, 9.17) is 0 Å². The zero-order chi connectivity index (χ0) is 12.7. The van der Waals surface area contributed by atoms with Gasteiger partial charge in [0, 0.05) is 0 Å². The van der Waals surface area contributed by atoms with Gasteiger partial charge in [-0.25, -0.2) is 4.79 Å². The Balaban J connectivity index is 2.72. The summed E-state index contributed by atoms with van der Waals surface area (Å²) in [5, 5.41) is 0. The first-order chi connectivity index (χ1) is 8.17. The summed E-state index contributed by atoms with van der Waals surface area (Å²) in [6, 6.07) is 6.95. The summed E-state index contributed by atoms with van der Waals surface area (Å²) in [6.45, 7) is 0. The molecule has 1 aromatic rings. The number of carbonyl (C=O) groups excluding carboxylic acids is 2. The molecule has 0 spiro atoms. The minimum atomic E-state index is -0.381. The van der Waals surface area contributed by atoms with Crippen LogP contribution in [0.2, 0.25) is 0 Å². The first kappa shape index (κ1) is 13.0. The lowest BCUT2D eigenvalue weighted by Gasteiger charge is -2.00. The maximum Gasteiger partial charge on any atom is 0.337 e. The molecule has 4 nitrogen and oxygen atoms in total. The van der Waals surface area contributed by atoms with Crippen LogP contribution < -0.4 is 0 Å². The Morgan fingerprint density at radius 3 is 2.65 bits per heavy atom. The van der Waals surface area contributed by atoms with Crippen LogP contribution in [-0.4, -0.2) is 26.2 Å². The van der Waals surface area contributed by atoms with Gasteiger partial charge >= 0.3 is 11.9 Å². The summed E-state index contributed by atoms with van der Waals surface area (Å²) in [5.41, 5.74) is 1.31. The van der Waals surface area contributed by atoms with Crippen LogP contribution in [0.15, 0.2) is 30.3 Å². The number of esters is 2. The molecule has 90 valence electrons. The quantitative estimate of drug-likeness (QED) is 0.748. The highest BCUT2D eigenvalue weighted by molar-refractivity contribution is 5.90. The van der Waals surface area contributed by atoms with Crippen LogP contribution in [0.4, 0.5) is 0 Å². The van der Waals surface area contributed by atoms with Crippen molar-refractivity contribution in [3.63, 3.8) is 0 Å². The van der Waals surface area contributed by atoms with Crippen molar-refractivity contribution in [1.82, 2.24) is 0 Å². The number of hydrogen-bond donors (Lipinski definition) is 0. The third-order valence-electron chi connectivity index (χ3n) is 2.13. The van der Waals surface area contributed by atoms with Crippen LogP contribution in [0.1, 0.15) is 22.3 Å². The highest BCUT2D eigenvalue weighted by atomic mass is 16.5. The molecule has 17 heavy (non-hydrogen) atoms. The number of hydrogen-bond acceptors (Lipinski definition) is 4. The van der Waals surface area contributed by atoms with Gasteiger partial charge in [0.2, 0.25) is 0 Å². The van der Waals surface area contributed by atoms with Crippen molar-refractivity contribution in [3.8, 4) is 0 Å². The lowest BCUT2D eigenvalue weighted by Crippen LogP contribution is -2.00. The summed E-state index contributed by atoms with van der Waals surface area (Å²) in [6.07, 6.45) is 3.64. The van der Waals surface area contributed by atoms with Crippen LogP contribution in [-0.2, 0) is 14.3 Å². The SMILES string of the molecule is COC(=O)CC=Cc1cccc(C(=O)OC)c1. The minimum absolute atomic E-state index is 0.207. The van der Waals surface area contributed by atoms with Crippen molar-refractivity contribution in [1.29, 1.82) is 0 Å². The fraction of sp³-hybridized carbons (Fsp3) is 0.231. The Bertz CT molecular complexity index is 435. The van der Waals surface area contributed by atoms with Gasteiger partial charge in [0.1, 0.15) is 0 Å². The van der Waals surface area contributed by atoms with E-state index >= 15 is 0 Å². The van der Waals surface area contributed by atoms with Gasteiger partial charge < -0.3 is 9.47 Å². The predicted octanol–water partition coefficient (Wildman–Crippen LogP) is 2.05. The second kappa shape index (κ2) is 6.48. The van der Waals surface area contributed by atoms with E-state index < -0.39 is 0 Å². The number of rotatable bonds is 4. The molecule has 0 N–H and O–H groups in total. The molecule has 0 unspecified atom stereocenters. The standard InChI is InChI=1S/C13H14O4/c1-16-12(14)8-4-6-10-5-3-7-11(9-10)13(15)17-2/h3-7,9H,8H2,1-2H3. The average molecular weight is 234 g/mol. The third-order valence-corrected chi connectivity index (χ3v) is 2.13. The van der Waals surface area contributed by atoms with E-state index in [9.17, 15) is 9.59 Å². The van der Waals surface area contributed by atoms with Crippen LogP contribution in [0, 0.1) is 0 Å². The van der Waals surface area contributed by atoms with E-state index in [1.165, 1.54) is 14.2 Å². The van der Waals surface area contributed by atoms with E-state index in [0.717, 1.165) is 5.56 Å². The lowest BCUT2D eigenvalue weighted by molar-refractivity contribution is -0.139. The first-order valence-electron chi connectivity index (χ1n) is 5.09. The van der Waals surface area contributed by atoms with Gasteiger partial charge in [-0.1, -0.05) is 24.3 Å². The van der Waals surface area contributed by atoms with Gasteiger partial charge in [-0.3, -0.25) is 4.79 Å². The Morgan fingerprint density at radius 1 is 1.24 bits per heavy atom. The molecule has 0 saturated carbocycles. The maximum atomic E-state index is 11.3. The molecular formula is C13H14O4. The molecule has 1 rings (SSSR count). The summed E-state index contributed by atoms with van der Waals surface area (Å²) in [5.74, 6) is -0.682. The highest BCUT2D eigenvalue weighted by Crippen LogP contribution is 2.08. The van der Waals surface area contributed by atoms with E-state index in [2.05, 4.69) is 9.47 Å². The smallest absolute Gasteiger partial charge is 0.337 e. The Kier molecular flexibility index (Phi) is 4.94. The zero-order valence-electron chi connectivity index (χ0n) is 9.80. The van der Waals surface area contributed by atoms with Gasteiger partial charge in [-0.2, -0.15) is 0 Å². The molecule has 0 heterocycles. The van der Waals surface area contributed by atoms with E-state index in [1.54, 1.807) is 30.4 Å². The molecule has 0 bridgehead atoms. The van der Waals surface area contributed by atoms with Gasteiger partial charge in [-0.15, -0.1) is 0 Å². The third kappa shape index (κ3) is 4.10. The summed E-state index contributed by atoms with van der Waals surface area (Å²) in [4.78, 5) is 22.1. The zero-order valence-corrected chi connectivity index (χ0v) is 9.80. The summed E-state index contributed by atoms with van der Waals surface area (Å²) < 4.78 is 9.12. The topological polar surface area (TPSA) is 52.6 Å². The van der Waals surface area contributed by atoms with Gasteiger partial charge in [0.25, 0.3) is 0 Å². The molecule has 0 atom stereocenters. The van der Waals surface area contributed by atoms with Crippen molar-refractivity contribution >= 4 is 18.0 Å². The molecule has 0 amide bonds. The lowest BCUT2D eigenvalue weighted by atomic mass is 10.1. The van der Waals surface area contributed by atoms with Crippen molar-refractivity contribution in [2.45, 2.75) is 6.42 Å². The fourth-order valence-electron chi connectivity index (χ4n) is 1.26. The van der Waals surface area contributed by atoms with E-state index in [-0.39, 0.29) is 18.4 Å². The van der Waals surface area contributed by atoms with Crippen LogP contribution in [0.25, 0.3) is 6.08 Å². The van der Waals surface area contributed by atoms with Crippen LogP contribution in [0.3, 0.4) is 0 Å². The van der Waals surface area contributed by atoms with Gasteiger partial charge in [-0.05, 0) is 17.7 Å². The molecule has 0 saturated heterocycles. The summed E-state index contributed by atoms with van der Waals surface area (Å²) in [7, 11) is 2.68. The van der Waals surface area contributed by atoms with Crippen molar-refractivity contribution in [2.75, 3.05) is 14.2 Å².